The smallest absolute Gasteiger partial charge is 0.339 e. The molecule has 26 heavy (non-hydrogen) atoms. The molecule has 0 fully saturated rings. The minimum absolute atomic E-state index is 0.0903. The van der Waals surface area contributed by atoms with Gasteiger partial charge in [0.2, 0.25) is 0 Å². The largest absolute Gasteiger partial charge is 0.480 e. The monoisotopic (exact) mass is 371 g/mol. The molecule has 134 valence electrons. The quantitative estimate of drug-likeness (QED) is 0.645. The van der Waals surface area contributed by atoms with Crippen LogP contribution in [0.15, 0.2) is 71.6 Å². The third-order valence-electron chi connectivity index (χ3n) is 3.92. The lowest BCUT2D eigenvalue weighted by atomic mass is 10.1. The fourth-order valence-corrected chi connectivity index (χ4v) is 3.76. The van der Waals surface area contributed by atoms with Crippen LogP contribution < -0.4 is 9.92 Å². The third-order valence-corrected chi connectivity index (χ3v) is 5.23. The maximum absolute atomic E-state index is 12.6. The van der Waals surface area contributed by atoms with Crippen LogP contribution in [0, 0.1) is 0 Å². The van der Waals surface area contributed by atoms with Crippen LogP contribution in [0.1, 0.15) is 5.56 Å². The van der Waals surface area contributed by atoms with Crippen LogP contribution in [-0.2, 0) is 21.3 Å². The molecule has 0 bridgehead atoms. The molecule has 0 aliphatic rings. The van der Waals surface area contributed by atoms with Crippen LogP contribution in [0.4, 0.5) is 0 Å². The lowest BCUT2D eigenvalue weighted by molar-refractivity contribution is -0.138. The number of rotatable bonds is 6. The van der Waals surface area contributed by atoms with E-state index in [9.17, 15) is 13.2 Å². The Morgan fingerprint density at radius 3 is 2.35 bits per heavy atom. The zero-order valence-electron chi connectivity index (χ0n) is 13.7. The Labute approximate surface area is 151 Å². The Hall–Kier alpha value is -2.90. The summed E-state index contributed by atoms with van der Waals surface area (Å²) >= 11 is 0. The highest BCUT2D eigenvalue weighted by molar-refractivity contribution is 7.87. The number of carboxylic acid groups (broad SMARTS) is 1. The fraction of sp³-hybridized carbons (Fsp3) is 0.105. The summed E-state index contributed by atoms with van der Waals surface area (Å²) in [6.45, 7) is 0. The Bertz CT molecular complexity index is 1040. The number of aliphatic carboxylic acids is 1. The van der Waals surface area contributed by atoms with Gasteiger partial charge in [0.05, 0.1) is 0 Å². The molecule has 7 heteroatoms. The summed E-state index contributed by atoms with van der Waals surface area (Å²) in [5, 5.41) is 10.2. The second kappa shape index (κ2) is 7.15. The molecule has 0 radical (unpaired) electrons. The van der Waals surface area contributed by atoms with E-state index in [2.05, 4.69) is 0 Å². The molecule has 3 rings (SSSR count). The van der Waals surface area contributed by atoms with Crippen molar-refractivity contribution in [3.05, 3.63) is 72.3 Å². The molecule has 0 saturated heterocycles. The molecule has 0 amide bonds. The van der Waals surface area contributed by atoms with Gasteiger partial charge in [-0.05, 0) is 35.6 Å². The third kappa shape index (κ3) is 3.84. The van der Waals surface area contributed by atoms with Crippen molar-refractivity contribution in [1.29, 1.82) is 0 Å². The predicted octanol–water partition coefficient (Wildman–Crippen LogP) is 2.56. The van der Waals surface area contributed by atoms with Gasteiger partial charge in [-0.3, -0.25) is 4.79 Å². The van der Waals surface area contributed by atoms with Crippen molar-refractivity contribution < 1.29 is 22.5 Å². The minimum atomic E-state index is -4.01. The molecule has 3 N–H and O–H groups in total. The fourth-order valence-electron chi connectivity index (χ4n) is 2.61. The van der Waals surface area contributed by atoms with Gasteiger partial charge >= 0.3 is 16.1 Å². The van der Waals surface area contributed by atoms with E-state index < -0.39 is 22.1 Å². The second-order valence-corrected chi connectivity index (χ2v) is 7.32. The first kappa shape index (κ1) is 17.9. The number of fused-ring (bicyclic) bond motifs is 1. The SMILES string of the molecule is N[C@@H](Cc1ccc(OS(=O)(=O)c2cccc3ccccc23)cc1)C(=O)O. The van der Waals surface area contributed by atoms with Gasteiger partial charge in [0, 0.05) is 5.39 Å². The Morgan fingerprint density at radius 2 is 1.65 bits per heavy atom. The molecule has 0 aromatic heterocycles. The number of carbonyl (C=O) groups is 1. The molecule has 0 spiro atoms. The highest BCUT2D eigenvalue weighted by Gasteiger charge is 2.20. The Morgan fingerprint density at radius 1 is 1.00 bits per heavy atom. The van der Waals surface area contributed by atoms with E-state index in [1.165, 1.54) is 18.2 Å². The molecule has 3 aromatic carbocycles. The highest BCUT2D eigenvalue weighted by Crippen LogP contribution is 2.26. The van der Waals surface area contributed by atoms with E-state index in [0.29, 0.717) is 10.9 Å². The van der Waals surface area contributed by atoms with Crippen molar-refractivity contribution in [2.24, 2.45) is 5.73 Å². The molecule has 0 heterocycles. The maximum atomic E-state index is 12.6. The Kier molecular flexibility index (Phi) is 4.92. The number of hydrogen-bond donors (Lipinski definition) is 2. The van der Waals surface area contributed by atoms with Crippen molar-refractivity contribution in [3.63, 3.8) is 0 Å². The van der Waals surface area contributed by atoms with E-state index in [-0.39, 0.29) is 17.1 Å². The van der Waals surface area contributed by atoms with Crippen molar-refractivity contribution in [2.45, 2.75) is 17.4 Å². The van der Waals surface area contributed by atoms with Crippen LogP contribution in [0.25, 0.3) is 10.8 Å². The van der Waals surface area contributed by atoms with E-state index in [1.807, 2.05) is 18.2 Å². The lowest BCUT2D eigenvalue weighted by Crippen LogP contribution is -2.32. The summed E-state index contributed by atoms with van der Waals surface area (Å²) in [4.78, 5) is 10.9. The topological polar surface area (TPSA) is 107 Å². The zero-order valence-corrected chi connectivity index (χ0v) is 14.5. The van der Waals surface area contributed by atoms with Crippen LogP contribution in [0.2, 0.25) is 0 Å². The highest BCUT2D eigenvalue weighted by atomic mass is 32.2. The van der Waals surface area contributed by atoms with E-state index in [0.717, 1.165) is 5.39 Å². The summed E-state index contributed by atoms with van der Waals surface area (Å²) in [7, 11) is -4.01. The Balaban J connectivity index is 1.84. The average molecular weight is 371 g/mol. The van der Waals surface area contributed by atoms with Crippen molar-refractivity contribution in [1.82, 2.24) is 0 Å². The van der Waals surface area contributed by atoms with Crippen LogP contribution >= 0.6 is 0 Å². The van der Waals surface area contributed by atoms with Crippen LogP contribution in [-0.4, -0.2) is 25.5 Å². The molecule has 3 aromatic rings. The normalized spacial score (nSPS) is 12.7. The van der Waals surface area contributed by atoms with Crippen molar-refractivity contribution >= 4 is 26.9 Å². The molecule has 0 aliphatic heterocycles. The second-order valence-electron chi connectivity index (χ2n) is 5.81. The van der Waals surface area contributed by atoms with Gasteiger partial charge in [0.15, 0.2) is 0 Å². The molecular formula is C19H17NO5S. The van der Waals surface area contributed by atoms with Gasteiger partial charge in [-0.15, -0.1) is 0 Å². The summed E-state index contributed by atoms with van der Waals surface area (Å²) in [5.74, 6) is -0.950. The van der Waals surface area contributed by atoms with Gasteiger partial charge < -0.3 is 15.0 Å². The number of carboxylic acids is 1. The van der Waals surface area contributed by atoms with E-state index in [1.54, 1.807) is 30.3 Å². The van der Waals surface area contributed by atoms with Gasteiger partial charge in [-0.2, -0.15) is 8.42 Å². The standard InChI is InChI=1S/C19H17NO5S/c20-17(19(21)22)12-13-8-10-15(11-9-13)25-26(23,24)18-7-3-5-14-4-1-2-6-16(14)18/h1-11,17H,12,20H2,(H,21,22)/t17-/m0/s1. The molecule has 0 aliphatic carbocycles. The predicted molar refractivity (Wildman–Crippen MR) is 97.5 cm³/mol. The van der Waals surface area contributed by atoms with Crippen LogP contribution in [0.3, 0.4) is 0 Å². The molecule has 0 saturated carbocycles. The molecular weight excluding hydrogens is 354 g/mol. The van der Waals surface area contributed by atoms with E-state index in [4.69, 9.17) is 15.0 Å². The summed E-state index contributed by atoms with van der Waals surface area (Å²) in [6, 6.07) is 17.3. The number of hydrogen-bond acceptors (Lipinski definition) is 5. The van der Waals surface area contributed by atoms with Gasteiger partial charge in [-0.25, -0.2) is 0 Å². The molecule has 6 nitrogen and oxygen atoms in total. The van der Waals surface area contributed by atoms with Gasteiger partial charge in [0.1, 0.15) is 16.7 Å². The summed E-state index contributed by atoms with van der Waals surface area (Å²) in [5.41, 5.74) is 6.17. The zero-order chi connectivity index (χ0) is 18.7. The summed E-state index contributed by atoms with van der Waals surface area (Å²) in [6.07, 6.45) is 0.145. The van der Waals surface area contributed by atoms with E-state index >= 15 is 0 Å². The number of benzene rings is 3. The minimum Gasteiger partial charge on any atom is -0.480 e. The first-order chi connectivity index (χ1) is 12.4. The van der Waals surface area contributed by atoms with Crippen molar-refractivity contribution in [2.75, 3.05) is 0 Å². The number of nitrogens with two attached hydrogens (primary N) is 1. The first-order valence-corrected chi connectivity index (χ1v) is 9.27. The molecule has 1 atom stereocenters. The summed E-state index contributed by atoms with van der Waals surface area (Å²) < 4.78 is 30.5. The molecule has 0 unspecified atom stereocenters. The van der Waals surface area contributed by atoms with Crippen LogP contribution in [0.5, 0.6) is 5.75 Å². The lowest BCUT2D eigenvalue weighted by Gasteiger charge is -2.11. The van der Waals surface area contributed by atoms with Gasteiger partial charge in [-0.1, -0.05) is 48.5 Å². The van der Waals surface area contributed by atoms with Crippen molar-refractivity contribution in [3.8, 4) is 5.75 Å². The first-order valence-electron chi connectivity index (χ1n) is 7.86. The van der Waals surface area contributed by atoms with Gasteiger partial charge in [0.25, 0.3) is 0 Å². The average Bonchev–Trinajstić information content (AvgIpc) is 2.62. The maximum Gasteiger partial charge on any atom is 0.339 e.